The summed E-state index contributed by atoms with van der Waals surface area (Å²) in [5, 5.41) is 9.30. The van der Waals surface area contributed by atoms with Gasteiger partial charge in [0.15, 0.2) is 0 Å². The third-order valence-corrected chi connectivity index (χ3v) is 2.35. The van der Waals surface area contributed by atoms with E-state index in [1.165, 1.54) is 12.1 Å². The van der Waals surface area contributed by atoms with Gasteiger partial charge in [0.1, 0.15) is 11.8 Å². The Morgan fingerprint density at radius 2 is 1.93 bits per heavy atom. The fourth-order valence-corrected chi connectivity index (χ4v) is 1.34. The van der Waals surface area contributed by atoms with E-state index in [9.17, 15) is 18.3 Å². The third kappa shape index (κ3) is 2.19. The molecule has 0 aliphatic heterocycles. The molecule has 6 heteroatoms. The highest BCUT2D eigenvalue weighted by molar-refractivity contribution is 9.10. The van der Waals surface area contributed by atoms with Crippen molar-refractivity contribution >= 4 is 15.9 Å². The Labute approximate surface area is 86.7 Å². The number of alkyl halides is 3. The third-order valence-electron chi connectivity index (χ3n) is 1.71. The van der Waals surface area contributed by atoms with Crippen LogP contribution in [0.15, 0.2) is 22.7 Å². The van der Waals surface area contributed by atoms with Crippen molar-refractivity contribution in [1.82, 2.24) is 0 Å². The lowest BCUT2D eigenvalue weighted by Gasteiger charge is -2.17. The molecule has 0 saturated heterocycles. The van der Waals surface area contributed by atoms with Crippen LogP contribution >= 0.6 is 15.9 Å². The summed E-state index contributed by atoms with van der Waals surface area (Å²) < 4.78 is 36.8. The van der Waals surface area contributed by atoms with Crippen LogP contribution in [0.4, 0.5) is 13.2 Å². The maximum Gasteiger partial charge on any atom is 0.407 e. The smallest absolute Gasteiger partial charge is 0.407 e. The predicted octanol–water partition coefficient (Wildman–Crippen LogP) is 2.72. The molecule has 0 heterocycles. The summed E-state index contributed by atoms with van der Waals surface area (Å²) in [7, 11) is 0. The molecule has 0 aliphatic rings. The van der Waals surface area contributed by atoms with E-state index in [4.69, 9.17) is 5.73 Å². The molecule has 1 aromatic carbocycles. The first-order chi connectivity index (χ1) is 6.34. The van der Waals surface area contributed by atoms with Crippen LogP contribution in [0.5, 0.6) is 5.75 Å². The number of hydrogen-bond acceptors (Lipinski definition) is 2. The standard InChI is InChI=1S/C8H7BrF3NO/c9-5-3-1-2-4(6(5)14)7(13)8(10,11)12/h1-3,7,14H,13H2. The number of benzene rings is 1. The number of halogens is 4. The highest BCUT2D eigenvalue weighted by Gasteiger charge is 2.39. The second-order valence-corrected chi connectivity index (χ2v) is 3.55. The average Bonchev–Trinajstić information content (AvgIpc) is 2.07. The van der Waals surface area contributed by atoms with E-state index in [0.29, 0.717) is 0 Å². The van der Waals surface area contributed by atoms with Gasteiger partial charge >= 0.3 is 6.18 Å². The van der Waals surface area contributed by atoms with Gasteiger partial charge in [0.25, 0.3) is 0 Å². The second kappa shape index (κ2) is 3.78. The second-order valence-electron chi connectivity index (χ2n) is 2.70. The minimum Gasteiger partial charge on any atom is -0.506 e. The van der Waals surface area contributed by atoms with Crippen LogP contribution in [0.25, 0.3) is 0 Å². The van der Waals surface area contributed by atoms with Crippen molar-refractivity contribution < 1.29 is 18.3 Å². The van der Waals surface area contributed by atoms with E-state index in [2.05, 4.69) is 15.9 Å². The van der Waals surface area contributed by atoms with Gasteiger partial charge in [-0.15, -0.1) is 0 Å². The molecule has 0 fully saturated rings. The minimum absolute atomic E-state index is 0.190. The van der Waals surface area contributed by atoms with Crippen LogP contribution in [0.3, 0.4) is 0 Å². The fourth-order valence-electron chi connectivity index (χ4n) is 0.959. The number of hydrogen-bond donors (Lipinski definition) is 2. The van der Waals surface area contributed by atoms with E-state index in [1.54, 1.807) is 0 Å². The van der Waals surface area contributed by atoms with Crippen molar-refractivity contribution in [3.8, 4) is 5.75 Å². The van der Waals surface area contributed by atoms with Gasteiger partial charge in [-0.05, 0) is 22.0 Å². The molecular formula is C8H7BrF3NO. The lowest BCUT2D eigenvalue weighted by atomic mass is 10.1. The zero-order valence-electron chi connectivity index (χ0n) is 6.85. The molecule has 0 amide bonds. The molecule has 2 nitrogen and oxygen atoms in total. The molecule has 0 aromatic heterocycles. The molecule has 0 saturated carbocycles. The molecule has 0 aliphatic carbocycles. The average molecular weight is 270 g/mol. The number of rotatable bonds is 1. The summed E-state index contributed by atoms with van der Waals surface area (Å²) in [6.45, 7) is 0. The molecule has 3 N–H and O–H groups in total. The normalized spacial score (nSPS) is 14.1. The summed E-state index contributed by atoms with van der Waals surface area (Å²) in [6, 6.07) is 1.78. The monoisotopic (exact) mass is 269 g/mol. The Balaban J connectivity index is 3.14. The first-order valence-electron chi connectivity index (χ1n) is 3.63. The number of para-hydroxylation sites is 1. The molecule has 0 radical (unpaired) electrons. The van der Waals surface area contributed by atoms with Crippen molar-refractivity contribution in [2.24, 2.45) is 5.73 Å². The molecule has 0 spiro atoms. The van der Waals surface area contributed by atoms with Crippen LogP contribution in [0.2, 0.25) is 0 Å². The Morgan fingerprint density at radius 3 is 2.43 bits per heavy atom. The van der Waals surface area contributed by atoms with E-state index >= 15 is 0 Å². The molecule has 14 heavy (non-hydrogen) atoms. The highest BCUT2D eigenvalue weighted by Crippen LogP contribution is 2.37. The lowest BCUT2D eigenvalue weighted by Crippen LogP contribution is -2.28. The van der Waals surface area contributed by atoms with E-state index < -0.39 is 18.0 Å². The number of aromatic hydroxyl groups is 1. The Kier molecular flexibility index (Phi) is 3.06. The van der Waals surface area contributed by atoms with Gasteiger partial charge in [-0.1, -0.05) is 12.1 Å². The van der Waals surface area contributed by atoms with Gasteiger partial charge in [0.05, 0.1) is 4.47 Å². The molecule has 0 bridgehead atoms. The van der Waals surface area contributed by atoms with Gasteiger partial charge in [-0.2, -0.15) is 13.2 Å². The lowest BCUT2D eigenvalue weighted by molar-refractivity contribution is -0.149. The Morgan fingerprint density at radius 1 is 1.36 bits per heavy atom. The Bertz CT molecular complexity index is 340. The fraction of sp³-hybridized carbons (Fsp3) is 0.250. The topological polar surface area (TPSA) is 46.2 Å². The summed E-state index contributed by atoms with van der Waals surface area (Å²) in [6.07, 6.45) is -4.56. The van der Waals surface area contributed by atoms with Crippen LogP contribution in [0, 0.1) is 0 Å². The maximum absolute atomic E-state index is 12.2. The molecule has 1 atom stereocenters. The molecule has 1 unspecified atom stereocenters. The van der Waals surface area contributed by atoms with Gasteiger partial charge in [0, 0.05) is 5.56 Å². The predicted molar refractivity (Wildman–Crippen MR) is 48.8 cm³/mol. The van der Waals surface area contributed by atoms with Crippen LogP contribution < -0.4 is 5.73 Å². The van der Waals surface area contributed by atoms with Gasteiger partial charge in [-0.3, -0.25) is 0 Å². The molecule has 1 aromatic rings. The van der Waals surface area contributed by atoms with Crippen molar-refractivity contribution in [2.75, 3.05) is 0 Å². The van der Waals surface area contributed by atoms with E-state index in [-0.39, 0.29) is 10.0 Å². The van der Waals surface area contributed by atoms with E-state index in [1.807, 2.05) is 0 Å². The van der Waals surface area contributed by atoms with Crippen molar-refractivity contribution in [3.05, 3.63) is 28.2 Å². The summed E-state index contributed by atoms with van der Waals surface area (Å²) >= 11 is 2.91. The number of phenolic OH excluding ortho intramolecular Hbond substituents is 1. The van der Waals surface area contributed by atoms with Crippen LogP contribution in [0.1, 0.15) is 11.6 Å². The minimum atomic E-state index is -4.56. The largest absolute Gasteiger partial charge is 0.506 e. The van der Waals surface area contributed by atoms with Gasteiger partial charge in [0.2, 0.25) is 0 Å². The zero-order valence-corrected chi connectivity index (χ0v) is 8.43. The SMILES string of the molecule is NC(c1cccc(Br)c1O)C(F)(F)F. The zero-order chi connectivity index (χ0) is 10.9. The van der Waals surface area contributed by atoms with Crippen LogP contribution in [-0.2, 0) is 0 Å². The van der Waals surface area contributed by atoms with Gasteiger partial charge in [-0.25, -0.2) is 0 Å². The summed E-state index contributed by atoms with van der Waals surface area (Å²) in [5.41, 5.74) is 4.60. The van der Waals surface area contributed by atoms with Crippen molar-refractivity contribution in [1.29, 1.82) is 0 Å². The Hall–Kier alpha value is -0.750. The highest BCUT2D eigenvalue weighted by atomic mass is 79.9. The summed E-state index contributed by atoms with van der Waals surface area (Å²) in [5.74, 6) is -0.475. The van der Waals surface area contributed by atoms with Crippen molar-refractivity contribution in [2.45, 2.75) is 12.2 Å². The first kappa shape index (κ1) is 11.3. The number of phenols is 1. The maximum atomic E-state index is 12.2. The molecule has 78 valence electrons. The number of nitrogens with two attached hydrogens (primary N) is 1. The molecule has 1 rings (SSSR count). The summed E-state index contributed by atoms with van der Waals surface area (Å²) in [4.78, 5) is 0. The van der Waals surface area contributed by atoms with Crippen molar-refractivity contribution in [3.63, 3.8) is 0 Å². The first-order valence-corrected chi connectivity index (χ1v) is 4.43. The van der Waals surface area contributed by atoms with E-state index in [0.717, 1.165) is 6.07 Å². The van der Waals surface area contributed by atoms with Gasteiger partial charge < -0.3 is 10.8 Å². The van der Waals surface area contributed by atoms with Crippen LogP contribution in [-0.4, -0.2) is 11.3 Å². The quantitative estimate of drug-likeness (QED) is 0.824. The molecular weight excluding hydrogens is 263 g/mol.